The number of fused-ring (bicyclic) bond motifs is 2. The number of aromatic nitrogens is 1. The highest BCUT2D eigenvalue weighted by atomic mass is 127. The van der Waals surface area contributed by atoms with Crippen LogP contribution in [0.25, 0.3) is 16.3 Å². The number of halogens is 1. The maximum Gasteiger partial charge on any atom is 0.271 e. The van der Waals surface area contributed by atoms with Crippen LogP contribution >= 0.6 is 23.1 Å². The molecule has 0 unspecified atom stereocenters. The van der Waals surface area contributed by atoms with E-state index in [-0.39, 0.29) is 45.2 Å². The topological polar surface area (TPSA) is 93.4 Å². The van der Waals surface area contributed by atoms with E-state index in [1.807, 2.05) is 53.9 Å². The molecule has 1 aliphatic rings. The van der Waals surface area contributed by atoms with Gasteiger partial charge in [-0.3, -0.25) is 20.2 Å². The van der Waals surface area contributed by atoms with Crippen molar-refractivity contribution in [1.29, 1.82) is 0 Å². The standard InChI is InChI=1S/C21H17N4O4S2.HI/c1-22-16-10-8-14(24(26)27)12-18(16)30-20(22)6-4-3-5-7-21-23(2)17-11-9-15(25(28)29)13-19(17)31-21;/h3-13H,1-2H3;1H/q+1;/p-1. The maximum absolute atomic E-state index is 11.0. The first-order valence-electron chi connectivity index (χ1n) is 9.17. The van der Waals surface area contributed by atoms with E-state index in [4.69, 9.17) is 0 Å². The maximum atomic E-state index is 11.0. The van der Waals surface area contributed by atoms with E-state index < -0.39 is 0 Å². The lowest BCUT2D eigenvalue weighted by atomic mass is 10.2. The van der Waals surface area contributed by atoms with Gasteiger partial charge in [0.25, 0.3) is 16.4 Å². The van der Waals surface area contributed by atoms with Crippen LogP contribution in [0.4, 0.5) is 17.1 Å². The Hall–Kier alpha value is -2.77. The van der Waals surface area contributed by atoms with Crippen molar-refractivity contribution in [3.63, 3.8) is 0 Å². The Labute approximate surface area is 208 Å². The third-order valence-electron chi connectivity index (χ3n) is 4.82. The summed E-state index contributed by atoms with van der Waals surface area (Å²) in [4.78, 5) is 24.0. The lowest BCUT2D eigenvalue weighted by Crippen LogP contribution is -3.00. The highest BCUT2D eigenvalue weighted by molar-refractivity contribution is 8.03. The molecule has 4 rings (SSSR count). The first-order chi connectivity index (χ1) is 14.8. The van der Waals surface area contributed by atoms with E-state index in [1.165, 1.54) is 35.2 Å². The zero-order valence-electron chi connectivity index (χ0n) is 17.0. The van der Waals surface area contributed by atoms with Crippen molar-refractivity contribution in [2.24, 2.45) is 7.05 Å². The van der Waals surface area contributed by atoms with E-state index in [2.05, 4.69) is 0 Å². The van der Waals surface area contributed by atoms with Gasteiger partial charge >= 0.3 is 0 Å². The second-order valence-electron chi connectivity index (χ2n) is 6.73. The Balaban J connectivity index is 0.00000289. The molecule has 0 amide bonds. The van der Waals surface area contributed by atoms with Crippen molar-refractivity contribution in [2.45, 2.75) is 4.90 Å². The summed E-state index contributed by atoms with van der Waals surface area (Å²) in [6, 6.07) is 9.72. The SMILES string of the molecule is CN1/C(=C/C=C/C=C/c2sc3cc([N+](=O)[O-])ccc3[n+]2C)Sc2cc([N+](=O)[O-])ccc21.[I-]. The van der Waals surface area contributed by atoms with Gasteiger partial charge < -0.3 is 28.9 Å². The number of benzene rings is 2. The Morgan fingerprint density at radius 1 is 1.00 bits per heavy atom. The van der Waals surface area contributed by atoms with Gasteiger partial charge in [0.2, 0.25) is 5.52 Å². The molecular weight excluding hydrogens is 563 g/mol. The van der Waals surface area contributed by atoms with Gasteiger partial charge in [-0.25, -0.2) is 0 Å². The molecule has 1 aliphatic heterocycles. The summed E-state index contributed by atoms with van der Waals surface area (Å²) >= 11 is 2.98. The van der Waals surface area contributed by atoms with Gasteiger partial charge in [-0.1, -0.05) is 41.3 Å². The number of non-ortho nitro benzene ring substituents is 2. The van der Waals surface area contributed by atoms with Gasteiger partial charge in [0.05, 0.1) is 20.6 Å². The smallest absolute Gasteiger partial charge is 0.271 e. The molecule has 2 aromatic carbocycles. The normalized spacial score (nSPS) is 14.4. The summed E-state index contributed by atoms with van der Waals surface area (Å²) in [6.45, 7) is 0. The molecule has 0 spiro atoms. The number of thiazole rings is 1. The first-order valence-corrected chi connectivity index (χ1v) is 10.8. The largest absolute Gasteiger partial charge is 1.00 e. The number of nitro groups is 2. The minimum absolute atomic E-state index is 0. The average molecular weight is 580 g/mol. The molecular formula is C21H17IN4O4S2. The second-order valence-corrected chi connectivity index (χ2v) is 8.85. The van der Waals surface area contributed by atoms with Crippen LogP contribution in [0.1, 0.15) is 5.01 Å². The van der Waals surface area contributed by atoms with Crippen molar-refractivity contribution in [3.05, 3.63) is 91.0 Å². The Morgan fingerprint density at radius 2 is 1.69 bits per heavy atom. The molecule has 0 bridgehead atoms. The van der Waals surface area contributed by atoms with Gasteiger partial charge in [0.15, 0.2) is 0 Å². The molecule has 32 heavy (non-hydrogen) atoms. The zero-order valence-corrected chi connectivity index (χ0v) is 20.8. The second kappa shape index (κ2) is 9.79. The van der Waals surface area contributed by atoms with Gasteiger partial charge in [-0.05, 0) is 12.1 Å². The highest BCUT2D eigenvalue weighted by Crippen LogP contribution is 2.46. The summed E-state index contributed by atoms with van der Waals surface area (Å²) in [5.74, 6) is 0. The molecule has 0 radical (unpaired) electrons. The van der Waals surface area contributed by atoms with Crippen molar-refractivity contribution in [2.75, 3.05) is 11.9 Å². The molecule has 1 aromatic heterocycles. The number of nitro benzene ring substituents is 2. The summed E-state index contributed by atoms with van der Waals surface area (Å²) < 4.78 is 2.86. The Bertz CT molecular complexity index is 1320. The third kappa shape index (κ3) is 4.69. The number of thioether (sulfide) groups is 1. The fourth-order valence-corrected chi connectivity index (χ4v) is 5.37. The van der Waals surface area contributed by atoms with Crippen molar-refractivity contribution >= 4 is 56.5 Å². The van der Waals surface area contributed by atoms with Crippen molar-refractivity contribution in [1.82, 2.24) is 0 Å². The van der Waals surface area contributed by atoms with Gasteiger partial charge in [0, 0.05) is 48.4 Å². The number of anilines is 1. The van der Waals surface area contributed by atoms with Crippen LogP contribution in [-0.2, 0) is 7.05 Å². The van der Waals surface area contributed by atoms with Crippen LogP contribution in [0, 0.1) is 20.2 Å². The Kier molecular flexibility index (Phi) is 7.31. The lowest BCUT2D eigenvalue weighted by molar-refractivity contribution is -0.642. The molecule has 0 N–H and O–H groups in total. The van der Waals surface area contributed by atoms with E-state index >= 15 is 0 Å². The fourth-order valence-electron chi connectivity index (χ4n) is 3.18. The summed E-state index contributed by atoms with van der Waals surface area (Å²) in [7, 11) is 3.85. The molecule has 164 valence electrons. The molecule has 3 aromatic rings. The third-order valence-corrected chi connectivity index (χ3v) is 7.15. The quantitative estimate of drug-likeness (QED) is 0.151. The summed E-state index contributed by atoms with van der Waals surface area (Å²) in [5, 5.41) is 23.9. The van der Waals surface area contributed by atoms with Crippen LogP contribution in [-0.4, -0.2) is 16.9 Å². The van der Waals surface area contributed by atoms with Gasteiger partial charge in [-0.15, -0.1) is 0 Å². The molecule has 2 heterocycles. The number of nitrogens with zero attached hydrogens (tertiary/aromatic N) is 4. The monoisotopic (exact) mass is 580 g/mol. The van der Waals surface area contributed by atoms with E-state index in [9.17, 15) is 20.2 Å². The molecule has 0 atom stereocenters. The summed E-state index contributed by atoms with van der Waals surface area (Å²) in [5.41, 5.74) is 2.05. The molecule has 8 nitrogen and oxygen atoms in total. The highest BCUT2D eigenvalue weighted by Gasteiger charge is 2.24. The summed E-state index contributed by atoms with van der Waals surface area (Å²) in [6.07, 6.45) is 9.63. The molecule has 0 saturated heterocycles. The van der Waals surface area contributed by atoms with Crippen molar-refractivity contribution in [3.8, 4) is 0 Å². The lowest BCUT2D eigenvalue weighted by Gasteiger charge is -2.12. The van der Waals surface area contributed by atoms with Gasteiger partial charge in [-0.2, -0.15) is 4.57 Å². The van der Waals surface area contributed by atoms with E-state index in [0.29, 0.717) is 0 Å². The van der Waals surface area contributed by atoms with Gasteiger partial charge in [0.1, 0.15) is 11.7 Å². The predicted molar refractivity (Wildman–Crippen MR) is 123 cm³/mol. The van der Waals surface area contributed by atoms with Crippen LogP contribution in [0.15, 0.2) is 70.6 Å². The number of hydrogen-bond acceptors (Lipinski definition) is 7. The minimum atomic E-state index is -0.389. The number of hydrogen-bond donors (Lipinski definition) is 0. The Morgan fingerprint density at radius 3 is 2.41 bits per heavy atom. The molecule has 11 heteroatoms. The fraction of sp³-hybridized carbons (Fsp3) is 0.0952. The minimum Gasteiger partial charge on any atom is -1.00 e. The number of allylic oxidation sites excluding steroid dienone is 4. The molecule has 0 fully saturated rings. The molecule has 0 aliphatic carbocycles. The van der Waals surface area contributed by atoms with Crippen LogP contribution < -0.4 is 33.4 Å². The first kappa shape index (κ1) is 23.9. The number of rotatable bonds is 5. The van der Waals surface area contributed by atoms with E-state index in [0.717, 1.165) is 30.8 Å². The van der Waals surface area contributed by atoms with E-state index in [1.54, 1.807) is 24.3 Å². The zero-order chi connectivity index (χ0) is 22.1. The van der Waals surface area contributed by atoms with Crippen LogP contribution in [0.3, 0.4) is 0 Å². The predicted octanol–water partition coefficient (Wildman–Crippen LogP) is 2.20. The van der Waals surface area contributed by atoms with Crippen molar-refractivity contribution < 1.29 is 38.4 Å². The van der Waals surface area contributed by atoms with Crippen LogP contribution in [0.5, 0.6) is 0 Å². The number of aryl methyl sites for hydroxylation is 1. The van der Waals surface area contributed by atoms with Crippen LogP contribution in [0.2, 0.25) is 0 Å². The molecule has 0 saturated carbocycles. The average Bonchev–Trinajstić information content (AvgIpc) is 3.23.